The fourth-order valence-electron chi connectivity index (χ4n) is 3.31. The number of carbonyl (C=O) groups is 1. The highest BCUT2D eigenvalue weighted by Crippen LogP contribution is 2.29. The molecular formula is C23H23Cl2N3O5S2. The number of para-hydroxylation sites is 1. The summed E-state index contributed by atoms with van der Waals surface area (Å²) in [4.78, 5) is 12.9. The molecule has 0 saturated heterocycles. The lowest BCUT2D eigenvalue weighted by atomic mass is 10.1. The Morgan fingerprint density at radius 1 is 0.943 bits per heavy atom. The highest BCUT2D eigenvalue weighted by Gasteiger charge is 2.30. The van der Waals surface area contributed by atoms with Gasteiger partial charge in [0.15, 0.2) is 0 Å². The summed E-state index contributed by atoms with van der Waals surface area (Å²) in [6.45, 7) is 3.16. The van der Waals surface area contributed by atoms with E-state index in [1.54, 1.807) is 37.3 Å². The number of amides is 1. The number of nitrogens with zero attached hydrogens (tertiary/aromatic N) is 1. The number of hydrogen-bond donors (Lipinski definition) is 2. The van der Waals surface area contributed by atoms with E-state index in [2.05, 4.69) is 10.0 Å². The van der Waals surface area contributed by atoms with Crippen LogP contribution >= 0.6 is 23.2 Å². The number of anilines is 3. The molecule has 0 fully saturated rings. The Bertz CT molecular complexity index is 1460. The first-order valence-electron chi connectivity index (χ1n) is 10.2. The Hall–Kier alpha value is -2.79. The third kappa shape index (κ3) is 6.46. The number of hydrogen-bond acceptors (Lipinski definition) is 5. The lowest BCUT2D eigenvalue weighted by Crippen LogP contribution is -2.45. The number of sulfonamides is 2. The van der Waals surface area contributed by atoms with Gasteiger partial charge in [-0.2, -0.15) is 0 Å². The summed E-state index contributed by atoms with van der Waals surface area (Å²) in [7, 11) is -7.76. The molecule has 0 radical (unpaired) electrons. The molecule has 0 saturated carbocycles. The van der Waals surface area contributed by atoms with Crippen molar-refractivity contribution in [3.8, 4) is 0 Å². The van der Waals surface area contributed by atoms with Crippen LogP contribution in [0.2, 0.25) is 10.0 Å². The van der Waals surface area contributed by atoms with Gasteiger partial charge in [0, 0.05) is 10.7 Å². The summed E-state index contributed by atoms with van der Waals surface area (Å²) >= 11 is 12.1. The second kappa shape index (κ2) is 10.4. The van der Waals surface area contributed by atoms with Crippen molar-refractivity contribution in [3.63, 3.8) is 0 Å². The third-order valence-corrected chi connectivity index (χ3v) is 8.22. The standard InChI is InChI=1S/C23H23Cl2N3O5S2/c1-15-8-9-17(24)14-22(15)28(34(3,30)31)16(2)23(29)26-18-10-12-19(13-11-18)35(32,33)27-21-7-5-4-6-20(21)25/h4-14,16,27H,1-3H3,(H,26,29)/t16-/m0/s1. The fourth-order valence-corrected chi connectivity index (χ4v) is 6.02. The Morgan fingerprint density at radius 2 is 1.57 bits per heavy atom. The van der Waals surface area contributed by atoms with E-state index in [1.165, 1.54) is 43.3 Å². The van der Waals surface area contributed by atoms with Crippen LogP contribution in [0.25, 0.3) is 0 Å². The van der Waals surface area contributed by atoms with E-state index in [0.29, 0.717) is 10.6 Å². The molecule has 0 aliphatic carbocycles. The van der Waals surface area contributed by atoms with Crippen LogP contribution in [0.5, 0.6) is 0 Å². The van der Waals surface area contributed by atoms with Crippen LogP contribution in [0.15, 0.2) is 71.6 Å². The smallest absolute Gasteiger partial charge is 0.261 e. The zero-order chi connectivity index (χ0) is 26.0. The van der Waals surface area contributed by atoms with Gasteiger partial charge < -0.3 is 5.32 Å². The van der Waals surface area contributed by atoms with Crippen molar-refractivity contribution in [1.82, 2.24) is 0 Å². The van der Waals surface area contributed by atoms with Crippen molar-refractivity contribution in [2.75, 3.05) is 20.6 Å². The van der Waals surface area contributed by atoms with Crippen LogP contribution < -0.4 is 14.3 Å². The molecular weight excluding hydrogens is 533 g/mol. The summed E-state index contributed by atoms with van der Waals surface area (Å²) in [5.74, 6) is -0.611. The zero-order valence-electron chi connectivity index (χ0n) is 19.0. The Labute approximate surface area is 215 Å². The van der Waals surface area contributed by atoms with E-state index in [4.69, 9.17) is 23.2 Å². The predicted molar refractivity (Wildman–Crippen MR) is 140 cm³/mol. The van der Waals surface area contributed by atoms with Gasteiger partial charge in [0.2, 0.25) is 15.9 Å². The number of halogens is 2. The lowest BCUT2D eigenvalue weighted by Gasteiger charge is -2.29. The molecule has 35 heavy (non-hydrogen) atoms. The van der Waals surface area contributed by atoms with Crippen molar-refractivity contribution in [2.24, 2.45) is 0 Å². The van der Waals surface area contributed by atoms with Gasteiger partial charge in [0.05, 0.1) is 27.5 Å². The summed E-state index contributed by atoms with van der Waals surface area (Å²) < 4.78 is 53.8. The molecule has 1 amide bonds. The van der Waals surface area contributed by atoms with Gasteiger partial charge in [-0.3, -0.25) is 13.8 Å². The molecule has 1 atom stereocenters. The average molecular weight is 556 g/mol. The van der Waals surface area contributed by atoms with Crippen LogP contribution in [-0.2, 0) is 24.8 Å². The summed E-state index contributed by atoms with van der Waals surface area (Å²) in [5.41, 5.74) is 1.43. The van der Waals surface area contributed by atoms with Gasteiger partial charge in [0.1, 0.15) is 6.04 Å². The lowest BCUT2D eigenvalue weighted by molar-refractivity contribution is -0.116. The molecule has 0 aliphatic heterocycles. The monoisotopic (exact) mass is 555 g/mol. The normalized spacial score (nSPS) is 12.6. The van der Waals surface area contributed by atoms with Crippen LogP contribution in [0.1, 0.15) is 12.5 Å². The minimum Gasteiger partial charge on any atom is -0.324 e. The SMILES string of the molecule is Cc1ccc(Cl)cc1N([C@@H](C)C(=O)Nc1ccc(S(=O)(=O)Nc2ccccc2Cl)cc1)S(C)(=O)=O. The first-order chi connectivity index (χ1) is 16.3. The first-order valence-corrected chi connectivity index (χ1v) is 14.3. The minimum absolute atomic E-state index is 0.0456. The quantitative estimate of drug-likeness (QED) is 0.410. The maximum Gasteiger partial charge on any atom is 0.261 e. The average Bonchev–Trinajstić information content (AvgIpc) is 2.77. The van der Waals surface area contributed by atoms with Crippen LogP contribution in [0.3, 0.4) is 0 Å². The second-order valence-corrected chi connectivity index (χ2v) is 12.2. The minimum atomic E-state index is -3.92. The van der Waals surface area contributed by atoms with Gasteiger partial charge in [-0.05, 0) is 67.9 Å². The van der Waals surface area contributed by atoms with Crippen molar-refractivity contribution < 1.29 is 21.6 Å². The molecule has 0 unspecified atom stereocenters. The van der Waals surface area contributed by atoms with Crippen LogP contribution in [-0.4, -0.2) is 35.0 Å². The van der Waals surface area contributed by atoms with Crippen molar-refractivity contribution in [2.45, 2.75) is 24.8 Å². The predicted octanol–water partition coefficient (Wildman–Crippen LogP) is 4.90. The second-order valence-electron chi connectivity index (χ2n) is 7.76. The van der Waals surface area contributed by atoms with Gasteiger partial charge >= 0.3 is 0 Å². The van der Waals surface area contributed by atoms with Gasteiger partial charge in [-0.15, -0.1) is 0 Å². The van der Waals surface area contributed by atoms with Crippen molar-refractivity contribution in [3.05, 3.63) is 82.3 Å². The van der Waals surface area contributed by atoms with E-state index in [0.717, 1.165) is 10.6 Å². The zero-order valence-corrected chi connectivity index (χ0v) is 22.1. The summed E-state index contributed by atoms with van der Waals surface area (Å²) in [5, 5.41) is 3.20. The number of nitrogens with one attached hydrogen (secondary N) is 2. The summed E-state index contributed by atoms with van der Waals surface area (Å²) in [6.07, 6.45) is 1.00. The molecule has 0 heterocycles. The summed E-state index contributed by atoms with van der Waals surface area (Å²) in [6, 6.07) is 15.5. The van der Waals surface area contributed by atoms with Gasteiger partial charge in [0.25, 0.3) is 10.0 Å². The van der Waals surface area contributed by atoms with E-state index >= 15 is 0 Å². The number of rotatable bonds is 8. The molecule has 3 aromatic rings. The van der Waals surface area contributed by atoms with Crippen LogP contribution in [0, 0.1) is 6.92 Å². The topological polar surface area (TPSA) is 113 Å². The maximum absolute atomic E-state index is 12.9. The van der Waals surface area contributed by atoms with Crippen molar-refractivity contribution in [1.29, 1.82) is 0 Å². The van der Waals surface area contributed by atoms with Crippen molar-refractivity contribution >= 4 is 66.2 Å². The van der Waals surface area contributed by atoms with E-state index < -0.39 is 32.0 Å². The highest BCUT2D eigenvalue weighted by atomic mass is 35.5. The fraction of sp³-hybridized carbons (Fsp3) is 0.174. The van der Waals surface area contributed by atoms with Crippen LogP contribution in [0.4, 0.5) is 17.1 Å². The van der Waals surface area contributed by atoms with E-state index in [9.17, 15) is 21.6 Å². The van der Waals surface area contributed by atoms with E-state index in [-0.39, 0.29) is 27.0 Å². The molecule has 0 aliphatic rings. The van der Waals surface area contributed by atoms with E-state index in [1.807, 2.05) is 0 Å². The molecule has 2 N–H and O–H groups in total. The molecule has 3 rings (SSSR count). The first kappa shape index (κ1) is 26.8. The molecule has 3 aromatic carbocycles. The molecule has 0 aromatic heterocycles. The Balaban J connectivity index is 1.80. The third-order valence-electron chi connectivity index (χ3n) is 5.05. The number of carbonyl (C=O) groups excluding carboxylic acids is 1. The number of benzene rings is 3. The van der Waals surface area contributed by atoms with Gasteiger partial charge in [-0.25, -0.2) is 16.8 Å². The maximum atomic E-state index is 12.9. The molecule has 8 nitrogen and oxygen atoms in total. The highest BCUT2D eigenvalue weighted by molar-refractivity contribution is 7.92. The van der Waals surface area contributed by atoms with Gasteiger partial charge in [-0.1, -0.05) is 41.4 Å². The Kier molecular flexibility index (Phi) is 8.00. The number of aryl methyl sites for hydroxylation is 1. The molecule has 12 heteroatoms. The molecule has 0 bridgehead atoms. The molecule has 186 valence electrons. The largest absolute Gasteiger partial charge is 0.324 e. The Morgan fingerprint density at radius 3 is 2.17 bits per heavy atom. The molecule has 0 spiro atoms.